The van der Waals surface area contributed by atoms with Crippen LogP contribution in [0.15, 0.2) is 34.7 Å². The van der Waals surface area contributed by atoms with E-state index in [1.165, 1.54) is 13.2 Å². The number of carboxylic acid groups (broad SMARTS) is 1. The van der Waals surface area contributed by atoms with Crippen LogP contribution in [-0.2, 0) is 11.2 Å². The number of carbonyl (C=O) groups is 1. The predicted molar refractivity (Wildman–Crippen MR) is 86.6 cm³/mol. The van der Waals surface area contributed by atoms with E-state index in [0.29, 0.717) is 16.5 Å². The fourth-order valence-electron chi connectivity index (χ4n) is 2.27. The van der Waals surface area contributed by atoms with Gasteiger partial charge >= 0.3 is 5.97 Å². The molecule has 3 aromatic rings. The van der Waals surface area contributed by atoms with Gasteiger partial charge in [0.25, 0.3) is 6.01 Å². The van der Waals surface area contributed by atoms with E-state index in [4.69, 9.17) is 25.9 Å². The van der Waals surface area contributed by atoms with Crippen molar-refractivity contribution in [2.45, 2.75) is 6.42 Å². The lowest BCUT2D eigenvalue weighted by atomic mass is 10.1. The Kier molecular flexibility index (Phi) is 4.26. The molecular formula is C16H12ClFN2O4. The lowest BCUT2D eigenvalue weighted by Crippen LogP contribution is -2.00. The number of anilines is 2. The lowest BCUT2D eigenvalue weighted by Gasteiger charge is -2.08. The molecule has 0 spiro atoms. The van der Waals surface area contributed by atoms with E-state index in [1.807, 2.05) is 0 Å². The molecule has 1 aromatic heterocycles. The van der Waals surface area contributed by atoms with Gasteiger partial charge in [0.1, 0.15) is 11.3 Å². The lowest BCUT2D eigenvalue weighted by molar-refractivity contribution is -0.136. The zero-order valence-electron chi connectivity index (χ0n) is 12.5. The topological polar surface area (TPSA) is 84.6 Å². The van der Waals surface area contributed by atoms with E-state index in [-0.39, 0.29) is 29.1 Å². The number of carboxylic acids is 1. The van der Waals surface area contributed by atoms with Gasteiger partial charge in [0, 0.05) is 5.02 Å². The first-order valence-corrected chi connectivity index (χ1v) is 7.25. The molecule has 0 saturated heterocycles. The molecule has 1 heterocycles. The zero-order chi connectivity index (χ0) is 17.3. The molecule has 0 saturated carbocycles. The summed E-state index contributed by atoms with van der Waals surface area (Å²) in [5.74, 6) is -1.21. The molecular weight excluding hydrogens is 339 g/mol. The van der Waals surface area contributed by atoms with Crippen molar-refractivity contribution in [2.24, 2.45) is 0 Å². The van der Waals surface area contributed by atoms with Crippen molar-refractivity contribution < 1.29 is 23.4 Å². The number of halogens is 2. The number of hydrogen-bond donors (Lipinski definition) is 2. The Morgan fingerprint density at radius 2 is 2.21 bits per heavy atom. The van der Waals surface area contributed by atoms with Crippen LogP contribution in [0.3, 0.4) is 0 Å². The van der Waals surface area contributed by atoms with E-state index in [2.05, 4.69) is 10.3 Å². The molecule has 0 radical (unpaired) electrons. The minimum Gasteiger partial charge on any atom is -0.495 e. The molecule has 3 rings (SSSR count). The Morgan fingerprint density at radius 3 is 2.92 bits per heavy atom. The van der Waals surface area contributed by atoms with Gasteiger partial charge in [-0.15, -0.1) is 0 Å². The number of oxazole rings is 1. The monoisotopic (exact) mass is 350 g/mol. The van der Waals surface area contributed by atoms with Crippen LogP contribution < -0.4 is 10.1 Å². The average Bonchev–Trinajstić information content (AvgIpc) is 2.90. The fraction of sp³-hybridized carbons (Fsp3) is 0.125. The summed E-state index contributed by atoms with van der Waals surface area (Å²) < 4.78 is 24.7. The molecule has 24 heavy (non-hydrogen) atoms. The molecule has 0 amide bonds. The van der Waals surface area contributed by atoms with Crippen LogP contribution in [0, 0.1) is 5.82 Å². The van der Waals surface area contributed by atoms with Gasteiger partial charge in [-0.2, -0.15) is 4.98 Å². The van der Waals surface area contributed by atoms with Crippen molar-refractivity contribution in [1.29, 1.82) is 0 Å². The van der Waals surface area contributed by atoms with Crippen LogP contribution >= 0.6 is 11.6 Å². The van der Waals surface area contributed by atoms with E-state index >= 15 is 0 Å². The average molecular weight is 351 g/mol. The molecule has 0 atom stereocenters. The van der Waals surface area contributed by atoms with Gasteiger partial charge in [0.2, 0.25) is 0 Å². The molecule has 8 heteroatoms. The summed E-state index contributed by atoms with van der Waals surface area (Å²) >= 11 is 5.95. The zero-order valence-corrected chi connectivity index (χ0v) is 13.2. The second kappa shape index (κ2) is 6.37. The highest BCUT2D eigenvalue weighted by molar-refractivity contribution is 6.31. The van der Waals surface area contributed by atoms with E-state index in [0.717, 1.165) is 6.07 Å². The summed E-state index contributed by atoms with van der Waals surface area (Å²) in [6.07, 6.45) is -0.307. The summed E-state index contributed by atoms with van der Waals surface area (Å²) in [5.41, 5.74) is 0.945. The number of fused-ring (bicyclic) bond motifs is 1. The Morgan fingerprint density at radius 1 is 1.42 bits per heavy atom. The van der Waals surface area contributed by atoms with Gasteiger partial charge in [-0.25, -0.2) is 4.39 Å². The van der Waals surface area contributed by atoms with Crippen molar-refractivity contribution in [1.82, 2.24) is 4.98 Å². The highest BCUT2D eigenvalue weighted by atomic mass is 35.5. The first-order chi connectivity index (χ1) is 11.5. The molecule has 2 aromatic carbocycles. The summed E-state index contributed by atoms with van der Waals surface area (Å²) in [4.78, 5) is 14.8. The molecule has 124 valence electrons. The van der Waals surface area contributed by atoms with Gasteiger partial charge < -0.3 is 19.6 Å². The Balaban J connectivity index is 1.98. The third-order valence-corrected chi connectivity index (χ3v) is 3.50. The molecule has 0 aliphatic carbocycles. The maximum absolute atomic E-state index is 14.1. The highest BCUT2D eigenvalue weighted by Gasteiger charge is 2.15. The normalized spacial score (nSPS) is 10.8. The number of hydrogen-bond acceptors (Lipinski definition) is 5. The summed E-state index contributed by atoms with van der Waals surface area (Å²) in [6, 6.07) is 7.55. The fourth-order valence-corrected chi connectivity index (χ4v) is 2.44. The maximum atomic E-state index is 14.1. The number of methoxy groups -OCH3 is 1. The van der Waals surface area contributed by atoms with Crippen LogP contribution in [0.1, 0.15) is 5.56 Å². The van der Waals surface area contributed by atoms with Gasteiger partial charge in [0.15, 0.2) is 11.4 Å². The van der Waals surface area contributed by atoms with Crippen LogP contribution in [-0.4, -0.2) is 23.2 Å². The number of aliphatic carboxylic acids is 1. The maximum Gasteiger partial charge on any atom is 0.307 e. The van der Waals surface area contributed by atoms with Crippen LogP contribution in [0.2, 0.25) is 5.02 Å². The van der Waals surface area contributed by atoms with Crippen molar-refractivity contribution in [2.75, 3.05) is 12.4 Å². The van der Waals surface area contributed by atoms with Gasteiger partial charge in [-0.1, -0.05) is 11.6 Å². The first-order valence-electron chi connectivity index (χ1n) is 6.87. The largest absolute Gasteiger partial charge is 0.495 e. The smallest absolute Gasteiger partial charge is 0.307 e. The van der Waals surface area contributed by atoms with Crippen molar-refractivity contribution >= 4 is 40.4 Å². The molecule has 0 aliphatic rings. The number of nitrogens with zero attached hydrogens (tertiary/aromatic N) is 1. The molecule has 0 unspecified atom stereocenters. The van der Waals surface area contributed by atoms with E-state index < -0.39 is 11.8 Å². The quantitative estimate of drug-likeness (QED) is 0.723. The summed E-state index contributed by atoms with van der Waals surface area (Å²) in [6.45, 7) is 0. The standard InChI is InChI=1S/C16H12ClFN2O4/c1-23-12-3-2-9(17)7-11(12)19-16-20-15-10(18)4-8(6-14(21)22)5-13(15)24-16/h2-5,7H,6H2,1H3,(H,19,20)(H,21,22). The summed E-state index contributed by atoms with van der Waals surface area (Å²) in [7, 11) is 1.50. The second-order valence-corrected chi connectivity index (χ2v) is 5.42. The Hall–Kier alpha value is -2.80. The minimum atomic E-state index is -1.06. The molecule has 0 aliphatic heterocycles. The number of ether oxygens (including phenoxy) is 1. The van der Waals surface area contributed by atoms with Crippen molar-refractivity contribution in [3.63, 3.8) is 0 Å². The van der Waals surface area contributed by atoms with E-state index in [9.17, 15) is 9.18 Å². The Labute approximate surface area is 140 Å². The SMILES string of the molecule is COc1ccc(Cl)cc1Nc1nc2c(F)cc(CC(=O)O)cc2o1. The number of nitrogens with one attached hydrogen (secondary N) is 1. The number of benzene rings is 2. The van der Waals surface area contributed by atoms with Crippen molar-refractivity contribution in [3.05, 3.63) is 46.7 Å². The minimum absolute atomic E-state index is 0.00707. The third-order valence-electron chi connectivity index (χ3n) is 3.27. The van der Waals surface area contributed by atoms with Crippen molar-refractivity contribution in [3.8, 4) is 5.75 Å². The van der Waals surface area contributed by atoms with E-state index in [1.54, 1.807) is 18.2 Å². The Bertz CT molecular complexity index is 926. The highest BCUT2D eigenvalue weighted by Crippen LogP contribution is 2.32. The predicted octanol–water partition coefficient (Wildman–Crippen LogP) is 4.00. The second-order valence-electron chi connectivity index (χ2n) is 4.98. The van der Waals surface area contributed by atoms with Gasteiger partial charge in [-0.3, -0.25) is 4.79 Å². The number of aromatic nitrogens is 1. The van der Waals surface area contributed by atoms with Crippen LogP contribution in [0.5, 0.6) is 5.75 Å². The molecule has 6 nitrogen and oxygen atoms in total. The molecule has 2 N–H and O–H groups in total. The summed E-state index contributed by atoms with van der Waals surface area (Å²) in [5, 5.41) is 12.2. The molecule has 0 fully saturated rings. The first kappa shape index (κ1) is 16.1. The van der Waals surface area contributed by atoms with Gasteiger partial charge in [0.05, 0.1) is 19.2 Å². The van der Waals surface area contributed by atoms with Gasteiger partial charge in [-0.05, 0) is 35.9 Å². The third kappa shape index (κ3) is 3.26. The number of rotatable bonds is 5. The van der Waals surface area contributed by atoms with Crippen LogP contribution in [0.25, 0.3) is 11.1 Å². The molecule has 0 bridgehead atoms. The van der Waals surface area contributed by atoms with Crippen LogP contribution in [0.4, 0.5) is 16.1 Å².